The van der Waals surface area contributed by atoms with Gasteiger partial charge in [-0.1, -0.05) is 41.9 Å². The molecular formula is C21H17ClN2O3. The molecule has 0 saturated heterocycles. The number of carbonyl (C=O) groups is 2. The molecule has 3 aromatic rings. The Bertz CT molecular complexity index is 985. The topological polar surface area (TPSA) is 62.6 Å². The molecule has 1 atom stereocenters. The van der Waals surface area contributed by atoms with Crippen molar-refractivity contribution in [2.45, 2.75) is 19.0 Å². The minimum Gasteiger partial charge on any atom is -0.459 e. The highest BCUT2D eigenvalue weighted by Crippen LogP contribution is 2.26. The lowest BCUT2D eigenvalue weighted by Crippen LogP contribution is -2.50. The lowest BCUT2D eigenvalue weighted by molar-refractivity contribution is -0.121. The fourth-order valence-electron chi connectivity index (χ4n) is 3.30. The van der Waals surface area contributed by atoms with Gasteiger partial charge in [-0.3, -0.25) is 9.59 Å². The first-order valence-electron chi connectivity index (χ1n) is 8.59. The van der Waals surface area contributed by atoms with E-state index in [1.807, 2.05) is 24.3 Å². The summed E-state index contributed by atoms with van der Waals surface area (Å²) in [4.78, 5) is 27.5. The number of halogens is 1. The summed E-state index contributed by atoms with van der Waals surface area (Å²) >= 11 is 6.00. The van der Waals surface area contributed by atoms with E-state index >= 15 is 0 Å². The van der Waals surface area contributed by atoms with Crippen molar-refractivity contribution in [2.24, 2.45) is 0 Å². The average molecular weight is 381 g/mol. The van der Waals surface area contributed by atoms with E-state index in [1.165, 1.54) is 6.26 Å². The number of amides is 2. The predicted molar refractivity (Wildman–Crippen MR) is 103 cm³/mol. The Labute approximate surface area is 161 Å². The summed E-state index contributed by atoms with van der Waals surface area (Å²) in [6, 6.07) is 17.4. The Morgan fingerprint density at radius 3 is 2.59 bits per heavy atom. The van der Waals surface area contributed by atoms with Crippen LogP contribution in [0.1, 0.15) is 21.7 Å². The van der Waals surface area contributed by atoms with Crippen LogP contribution in [0.25, 0.3) is 0 Å². The highest BCUT2D eigenvalue weighted by Gasteiger charge is 2.36. The summed E-state index contributed by atoms with van der Waals surface area (Å²) in [6.07, 6.45) is 1.89. The van der Waals surface area contributed by atoms with Gasteiger partial charge in [-0.2, -0.15) is 0 Å². The Balaban J connectivity index is 1.64. The Morgan fingerprint density at radius 1 is 1.04 bits per heavy atom. The summed E-state index contributed by atoms with van der Waals surface area (Å²) in [5, 5.41) is 3.40. The molecule has 27 heavy (non-hydrogen) atoms. The molecule has 6 heteroatoms. The molecule has 1 unspecified atom stereocenters. The Morgan fingerprint density at radius 2 is 1.85 bits per heavy atom. The highest BCUT2D eigenvalue weighted by atomic mass is 35.5. The van der Waals surface area contributed by atoms with E-state index in [4.69, 9.17) is 16.0 Å². The van der Waals surface area contributed by atoms with Gasteiger partial charge in [0.15, 0.2) is 5.76 Å². The van der Waals surface area contributed by atoms with E-state index in [0.717, 1.165) is 11.1 Å². The van der Waals surface area contributed by atoms with E-state index in [2.05, 4.69) is 5.32 Å². The second kappa shape index (κ2) is 7.29. The third kappa shape index (κ3) is 3.59. The van der Waals surface area contributed by atoms with Crippen molar-refractivity contribution in [1.82, 2.24) is 4.90 Å². The summed E-state index contributed by atoms with van der Waals surface area (Å²) in [5.74, 6) is -0.345. The highest BCUT2D eigenvalue weighted by molar-refractivity contribution is 6.30. The smallest absolute Gasteiger partial charge is 0.290 e. The SMILES string of the molecule is O=C(Nc1cccc(Cl)c1)C1Cc2ccccc2CN1C(=O)c1ccco1. The van der Waals surface area contributed by atoms with Crippen LogP contribution in [-0.2, 0) is 17.8 Å². The van der Waals surface area contributed by atoms with Gasteiger partial charge in [-0.25, -0.2) is 0 Å². The molecule has 1 aliphatic heterocycles. The summed E-state index contributed by atoms with van der Waals surface area (Å²) in [7, 11) is 0. The maximum atomic E-state index is 13.0. The van der Waals surface area contributed by atoms with Crippen molar-refractivity contribution in [2.75, 3.05) is 5.32 Å². The van der Waals surface area contributed by atoms with Crippen molar-refractivity contribution >= 4 is 29.1 Å². The van der Waals surface area contributed by atoms with Crippen LogP contribution >= 0.6 is 11.6 Å². The van der Waals surface area contributed by atoms with Gasteiger partial charge < -0.3 is 14.6 Å². The largest absolute Gasteiger partial charge is 0.459 e. The van der Waals surface area contributed by atoms with Gasteiger partial charge >= 0.3 is 0 Å². The normalized spacial score (nSPS) is 15.9. The van der Waals surface area contributed by atoms with E-state index in [1.54, 1.807) is 41.3 Å². The maximum absolute atomic E-state index is 13.0. The number of carbonyl (C=O) groups excluding carboxylic acids is 2. The van der Waals surface area contributed by atoms with Crippen LogP contribution in [0.5, 0.6) is 0 Å². The average Bonchev–Trinajstić information content (AvgIpc) is 3.21. The monoisotopic (exact) mass is 380 g/mol. The van der Waals surface area contributed by atoms with Crippen molar-refractivity contribution in [3.63, 3.8) is 0 Å². The lowest BCUT2D eigenvalue weighted by atomic mass is 9.93. The second-order valence-electron chi connectivity index (χ2n) is 6.40. The molecule has 0 radical (unpaired) electrons. The van der Waals surface area contributed by atoms with Gasteiger partial charge in [0, 0.05) is 23.7 Å². The zero-order chi connectivity index (χ0) is 18.8. The van der Waals surface area contributed by atoms with Crippen molar-refractivity contribution < 1.29 is 14.0 Å². The van der Waals surface area contributed by atoms with E-state index in [9.17, 15) is 9.59 Å². The van der Waals surface area contributed by atoms with E-state index in [-0.39, 0.29) is 17.6 Å². The third-order valence-electron chi connectivity index (χ3n) is 4.64. The standard InChI is InChI=1S/C21H17ClN2O3/c22-16-7-3-8-17(12-16)23-20(25)18-11-14-5-1-2-6-15(14)13-24(18)21(26)19-9-4-10-27-19/h1-10,12,18H,11,13H2,(H,23,25). The number of rotatable bonds is 3. The van der Waals surface area contributed by atoms with Gasteiger partial charge in [-0.15, -0.1) is 0 Å². The molecule has 2 aromatic carbocycles. The number of furan rings is 1. The van der Waals surface area contributed by atoms with Crippen LogP contribution in [0.2, 0.25) is 5.02 Å². The first-order chi connectivity index (χ1) is 13.1. The predicted octanol–water partition coefficient (Wildman–Crippen LogP) is 4.14. The quantitative estimate of drug-likeness (QED) is 0.742. The van der Waals surface area contributed by atoms with Crippen molar-refractivity contribution in [1.29, 1.82) is 0 Å². The fraction of sp³-hybridized carbons (Fsp3) is 0.143. The molecule has 1 aliphatic rings. The van der Waals surface area contributed by atoms with Gasteiger partial charge in [0.25, 0.3) is 5.91 Å². The molecule has 136 valence electrons. The number of benzene rings is 2. The van der Waals surface area contributed by atoms with Crippen LogP contribution in [0, 0.1) is 0 Å². The zero-order valence-electron chi connectivity index (χ0n) is 14.4. The molecule has 0 fully saturated rings. The molecule has 5 nitrogen and oxygen atoms in total. The zero-order valence-corrected chi connectivity index (χ0v) is 15.1. The first kappa shape index (κ1) is 17.4. The van der Waals surface area contributed by atoms with Crippen molar-refractivity contribution in [3.05, 3.63) is 88.8 Å². The number of hydrogen-bond donors (Lipinski definition) is 1. The molecule has 0 spiro atoms. The van der Waals surface area contributed by atoms with Crippen LogP contribution in [0.15, 0.2) is 71.3 Å². The Kier molecular flexibility index (Phi) is 4.69. The minimum atomic E-state index is -0.642. The summed E-state index contributed by atoms with van der Waals surface area (Å²) in [5.41, 5.74) is 2.69. The molecule has 4 rings (SSSR count). The molecule has 2 heterocycles. The molecule has 1 N–H and O–H groups in total. The number of nitrogens with zero attached hydrogens (tertiary/aromatic N) is 1. The second-order valence-corrected chi connectivity index (χ2v) is 6.84. The molecule has 2 amide bonds. The number of fused-ring (bicyclic) bond motifs is 1. The van der Waals surface area contributed by atoms with E-state index in [0.29, 0.717) is 23.7 Å². The molecule has 0 saturated carbocycles. The van der Waals surface area contributed by atoms with Crippen LogP contribution in [-0.4, -0.2) is 22.8 Å². The third-order valence-corrected chi connectivity index (χ3v) is 4.87. The lowest BCUT2D eigenvalue weighted by Gasteiger charge is -2.35. The van der Waals surface area contributed by atoms with Gasteiger partial charge in [0.05, 0.1) is 6.26 Å². The van der Waals surface area contributed by atoms with Crippen LogP contribution in [0.4, 0.5) is 5.69 Å². The van der Waals surface area contributed by atoms with Crippen molar-refractivity contribution in [3.8, 4) is 0 Å². The van der Waals surface area contributed by atoms with Gasteiger partial charge in [0.2, 0.25) is 5.91 Å². The minimum absolute atomic E-state index is 0.218. The number of nitrogens with one attached hydrogen (secondary N) is 1. The van der Waals surface area contributed by atoms with Gasteiger partial charge in [0.1, 0.15) is 6.04 Å². The van der Waals surface area contributed by atoms with Crippen LogP contribution < -0.4 is 5.32 Å². The van der Waals surface area contributed by atoms with Gasteiger partial charge in [-0.05, 0) is 41.5 Å². The summed E-state index contributed by atoms with van der Waals surface area (Å²) in [6.45, 7) is 0.351. The molecular weight excluding hydrogens is 364 g/mol. The molecule has 0 bridgehead atoms. The Hall–Kier alpha value is -3.05. The molecule has 0 aliphatic carbocycles. The maximum Gasteiger partial charge on any atom is 0.290 e. The first-order valence-corrected chi connectivity index (χ1v) is 8.97. The molecule has 1 aromatic heterocycles. The summed E-state index contributed by atoms with van der Waals surface area (Å²) < 4.78 is 5.26. The van der Waals surface area contributed by atoms with E-state index < -0.39 is 6.04 Å². The number of anilines is 1. The van der Waals surface area contributed by atoms with Crippen LogP contribution in [0.3, 0.4) is 0 Å². The fourth-order valence-corrected chi connectivity index (χ4v) is 3.49. The number of hydrogen-bond acceptors (Lipinski definition) is 3.